The number of hydrogen-bond acceptors (Lipinski definition) is 9. The van der Waals surface area contributed by atoms with Crippen molar-refractivity contribution >= 4 is 16.6 Å². The predicted octanol–water partition coefficient (Wildman–Crippen LogP) is 5.43. The number of hydrogen-bond donors (Lipinski definition) is 4. The average Bonchev–Trinajstić information content (AvgIpc) is 3.66. The first kappa shape index (κ1) is 28.8. The zero-order valence-electron chi connectivity index (χ0n) is 22.4. The van der Waals surface area contributed by atoms with Gasteiger partial charge < -0.3 is 24.8 Å². The van der Waals surface area contributed by atoms with Gasteiger partial charge in [0.15, 0.2) is 5.75 Å². The normalized spacial score (nSPS) is 11.6. The number of nitrogens with one attached hydrogen (secondary N) is 4. The van der Waals surface area contributed by atoms with Crippen molar-refractivity contribution in [1.82, 2.24) is 35.9 Å². The molecule has 14 heteroatoms. The molecule has 0 unspecified atom stereocenters. The molecule has 3 aromatic heterocycles. The van der Waals surface area contributed by atoms with E-state index in [2.05, 4.69) is 52.0 Å². The van der Waals surface area contributed by atoms with E-state index in [-0.39, 0.29) is 11.5 Å². The van der Waals surface area contributed by atoms with Crippen molar-refractivity contribution in [3.8, 4) is 28.4 Å². The average molecular weight is 583 g/mol. The van der Waals surface area contributed by atoms with Crippen molar-refractivity contribution in [2.24, 2.45) is 0 Å². The van der Waals surface area contributed by atoms with Gasteiger partial charge in [0.2, 0.25) is 0 Å². The van der Waals surface area contributed by atoms with Crippen LogP contribution in [-0.4, -0.2) is 63.3 Å². The van der Waals surface area contributed by atoms with Crippen molar-refractivity contribution in [3.05, 3.63) is 72.9 Å². The molecule has 0 aliphatic rings. The van der Waals surface area contributed by atoms with E-state index in [1.807, 2.05) is 12.1 Å². The largest absolute Gasteiger partial charge is 0.573 e. The molecule has 0 atom stereocenters. The summed E-state index contributed by atoms with van der Waals surface area (Å²) in [5, 5.41) is 29.0. The number of alkyl halides is 3. The Bertz CT molecular complexity index is 1550. The first-order valence-electron chi connectivity index (χ1n) is 13.3. The van der Waals surface area contributed by atoms with Crippen LogP contribution in [0, 0.1) is 0 Å². The summed E-state index contributed by atoms with van der Waals surface area (Å²) < 4.78 is 53.8. The van der Waals surface area contributed by atoms with Crippen LogP contribution in [0.25, 0.3) is 22.0 Å². The fourth-order valence-electron chi connectivity index (χ4n) is 4.29. The molecule has 0 saturated heterocycles. The summed E-state index contributed by atoms with van der Waals surface area (Å²) in [7, 11) is 0. The summed E-state index contributed by atoms with van der Waals surface area (Å²) in [5.41, 5.74) is 4.41. The number of unbranched alkanes of at least 4 members (excludes halogenated alkanes) is 1. The molecule has 220 valence electrons. The van der Waals surface area contributed by atoms with Crippen LogP contribution >= 0.6 is 0 Å². The van der Waals surface area contributed by atoms with Gasteiger partial charge in [0.25, 0.3) is 0 Å². The number of rotatable bonds is 15. The molecular formula is C28H29F3N8O3. The fraction of sp³-hybridized carbons (Fsp3) is 0.286. The zero-order chi connectivity index (χ0) is 29.2. The number of halogens is 3. The molecule has 0 aliphatic carbocycles. The molecule has 5 aromatic rings. The second-order valence-electron chi connectivity index (χ2n) is 9.31. The summed E-state index contributed by atoms with van der Waals surface area (Å²) in [6.45, 7) is 2.75. The highest BCUT2D eigenvalue weighted by Crippen LogP contribution is 2.31. The maximum Gasteiger partial charge on any atom is 0.573 e. The Morgan fingerprint density at radius 1 is 0.833 bits per heavy atom. The van der Waals surface area contributed by atoms with Gasteiger partial charge >= 0.3 is 6.36 Å². The molecule has 4 N–H and O–H groups in total. The molecule has 0 bridgehead atoms. The first-order chi connectivity index (χ1) is 20.4. The van der Waals surface area contributed by atoms with Crippen LogP contribution in [0.5, 0.6) is 17.2 Å². The monoisotopic (exact) mass is 582 g/mol. The summed E-state index contributed by atoms with van der Waals surface area (Å²) >= 11 is 0. The van der Waals surface area contributed by atoms with Crippen LogP contribution in [0.15, 0.2) is 67.4 Å². The lowest BCUT2D eigenvalue weighted by molar-refractivity contribution is -0.274. The number of aromatic amines is 2. The molecule has 42 heavy (non-hydrogen) atoms. The van der Waals surface area contributed by atoms with Crippen molar-refractivity contribution < 1.29 is 27.4 Å². The molecule has 0 radical (unpaired) electrons. The Kier molecular flexibility index (Phi) is 9.46. The second kappa shape index (κ2) is 13.8. The Balaban J connectivity index is 1.02. The smallest absolute Gasteiger partial charge is 0.454 e. The minimum Gasteiger partial charge on any atom is -0.454 e. The minimum absolute atomic E-state index is 0.214. The van der Waals surface area contributed by atoms with Crippen molar-refractivity contribution in [2.75, 3.05) is 31.6 Å². The van der Waals surface area contributed by atoms with Crippen LogP contribution in [-0.2, 0) is 11.3 Å². The Morgan fingerprint density at radius 2 is 1.74 bits per heavy atom. The number of ether oxygens (including phenoxy) is 3. The van der Waals surface area contributed by atoms with E-state index >= 15 is 0 Å². The summed E-state index contributed by atoms with van der Waals surface area (Å²) in [4.78, 5) is 0. The van der Waals surface area contributed by atoms with Gasteiger partial charge in [0.05, 0.1) is 43.1 Å². The molecule has 11 nitrogen and oxygen atoms in total. The number of H-pyrrole nitrogens is 2. The number of benzene rings is 2. The molecule has 2 aromatic carbocycles. The lowest BCUT2D eigenvalue weighted by Crippen LogP contribution is -2.18. The van der Waals surface area contributed by atoms with Gasteiger partial charge in [-0.3, -0.25) is 10.2 Å². The maximum absolute atomic E-state index is 12.8. The molecule has 0 aliphatic heterocycles. The SMILES string of the molecule is FC(F)(F)Oc1cc(CNCCCCOCCNc2cc(-c3ccnnc3)cc3[nH]ncc23)cc(Oc2cn[nH]c2)c1. The molecule has 3 heterocycles. The molecular weight excluding hydrogens is 553 g/mol. The van der Waals surface area contributed by atoms with Gasteiger partial charge in [0.1, 0.15) is 11.5 Å². The van der Waals surface area contributed by atoms with E-state index in [1.165, 1.54) is 24.5 Å². The highest BCUT2D eigenvalue weighted by Gasteiger charge is 2.31. The van der Waals surface area contributed by atoms with Crippen LogP contribution in [0.1, 0.15) is 18.4 Å². The second-order valence-corrected chi connectivity index (χ2v) is 9.31. The van der Waals surface area contributed by atoms with E-state index in [0.29, 0.717) is 44.2 Å². The molecule has 5 rings (SSSR count). The van der Waals surface area contributed by atoms with Gasteiger partial charge in [-0.1, -0.05) is 0 Å². The molecule has 0 spiro atoms. The van der Waals surface area contributed by atoms with E-state index in [0.717, 1.165) is 40.6 Å². The number of fused-ring (bicyclic) bond motifs is 1. The Labute approximate surface area is 238 Å². The molecule has 0 fully saturated rings. The van der Waals surface area contributed by atoms with Crippen molar-refractivity contribution in [3.63, 3.8) is 0 Å². The maximum atomic E-state index is 12.8. The van der Waals surface area contributed by atoms with E-state index in [4.69, 9.17) is 9.47 Å². The topological polar surface area (TPSA) is 135 Å². The summed E-state index contributed by atoms with van der Waals surface area (Å²) in [5.74, 6) is 0.238. The Morgan fingerprint density at radius 3 is 2.55 bits per heavy atom. The highest BCUT2D eigenvalue weighted by molar-refractivity contribution is 5.95. The predicted molar refractivity (Wildman–Crippen MR) is 149 cm³/mol. The van der Waals surface area contributed by atoms with Gasteiger partial charge in [-0.25, -0.2) is 0 Å². The van der Waals surface area contributed by atoms with E-state index in [1.54, 1.807) is 24.7 Å². The quantitative estimate of drug-likeness (QED) is 0.119. The summed E-state index contributed by atoms with van der Waals surface area (Å²) in [6.07, 6.45) is 4.93. The third kappa shape index (κ3) is 8.41. The third-order valence-corrected chi connectivity index (χ3v) is 6.14. The van der Waals surface area contributed by atoms with Gasteiger partial charge in [-0.15, -0.1) is 13.2 Å². The lowest BCUT2D eigenvalue weighted by Gasteiger charge is -2.13. The number of nitrogens with zero attached hydrogens (tertiary/aromatic N) is 4. The third-order valence-electron chi connectivity index (χ3n) is 6.14. The van der Waals surface area contributed by atoms with Crippen molar-refractivity contribution in [1.29, 1.82) is 0 Å². The zero-order valence-corrected chi connectivity index (χ0v) is 22.4. The van der Waals surface area contributed by atoms with E-state index in [9.17, 15) is 13.2 Å². The standard InChI is InChI=1S/C28H29F3N8O3/c29-28(30,31)42-23-10-19(9-22(13-23)41-24-16-36-37-17-24)14-32-4-1-2-7-40-8-6-33-26-11-21(20-3-5-34-35-15-20)12-27-25(26)18-38-39-27/h3,5,9-13,15-18,32-33H,1-2,4,6-8,14H2,(H,36,37)(H,38,39). The van der Waals surface area contributed by atoms with Crippen molar-refractivity contribution in [2.45, 2.75) is 25.7 Å². The number of aromatic nitrogens is 6. The van der Waals surface area contributed by atoms with Gasteiger partial charge in [0, 0.05) is 42.4 Å². The van der Waals surface area contributed by atoms with Gasteiger partial charge in [-0.05, 0) is 60.8 Å². The Hall–Kier alpha value is -4.69. The lowest BCUT2D eigenvalue weighted by atomic mass is 10.1. The first-order valence-corrected chi connectivity index (χ1v) is 13.3. The van der Waals surface area contributed by atoms with E-state index < -0.39 is 6.36 Å². The van der Waals surface area contributed by atoms with Crippen LogP contribution in [0.3, 0.4) is 0 Å². The minimum atomic E-state index is -4.80. The summed E-state index contributed by atoms with van der Waals surface area (Å²) in [6, 6.07) is 10.2. The van der Waals surface area contributed by atoms with Crippen LogP contribution in [0.4, 0.5) is 18.9 Å². The highest BCUT2D eigenvalue weighted by atomic mass is 19.4. The fourth-order valence-corrected chi connectivity index (χ4v) is 4.29. The number of anilines is 1. The molecule has 0 amide bonds. The van der Waals surface area contributed by atoms with Crippen LogP contribution in [0.2, 0.25) is 0 Å². The van der Waals surface area contributed by atoms with Crippen LogP contribution < -0.4 is 20.1 Å². The molecule has 0 saturated carbocycles. The van der Waals surface area contributed by atoms with Gasteiger partial charge in [-0.2, -0.15) is 20.4 Å².